The smallest absolute Gasteiger partial charge is 0.406 e. The lowest BCUT2D eigenvalue weighted by molar-refractivity contribution is -0.274. The average Bonchev–Trinajstić information content (AvgIpc) is 2.89. The summed E-state index contributed by atoms with van der Waals surface area (Å²) in [6, 6.07) is 5.75. The van der Waals surface area contributed by atoms with Gasteiger partial charge in [0, 0.05) is 25.0 Å². The van der Waals surface area contributed by atoms with Gasteiger partial charge >= 0.3 is 6.36 Å². The van der Waals surface area contributed by atoms with Crippen LogP contribution in [0.5, 0.6) is 5.75 Å². The zero-order valence-electron chi connectivity index (χ0n) is 11.4. The number of fused-ring (bicyclic) bond motifs is 1. The molecule has 0 saturated carbocycles. The third kappa shape index (κ3) is 2.67. The minimum atomic E-state index is -4.72. The summed E-state index contributed by atoms with van der Waals surface area (Å²) in [5, 5.41) is 2.91. The molecule has 3 rings (SSSR count). The molecule has 0 aliphatic carbocycles. The summed E-state index contributed by atoms with van der Waals surface area (Å²) >= 11 is 0. The van der Waals surface area contributed by atoms with Gasteiger partial charge in [-0.15, -0.1) is 13.2 Å². The number of hydrogen-bond donors (Lipinski definition) is 1. The van der Waals surface area contributed by atoms with Crippen molar-refractivity contribution in [2.45, 2.75) is 6.36 Å². The van der Waals surface area contributed by atoms with Crippen molar-refractivity contribution in [1.82, 2.24) is 14.4 Å². The van der Waals surface area contributed by atoms with Crippen LogP contribution in [-0.2, 0) is 0 Å². The van der Waals surface area contributed by atoms with Gasteiger partial charge in [0.1, 0.15) is 5.75 Å². The molecule has 22 heavy (non-hydrogen) atoms. The maximum absolute atomic E-state index is 12.3. The molecular weight excluding hydrogens is 297 g/mol. The lowest BCUT2D eigenvalue weighted by Crippen LogP contribution is -2.17. The molecular formula is C14H11F3N4O. The van der Waals surface area contributed by atoms with E-state index in [1.54, 1.807) is 36.1 Å². The number of hydrogen-bond acceptors (Lipinski definition) is 4. The molecule has 3 aromatic rings. The highest BCUT2D eigenvalue weighted by Crippen LogP contribution is 2.29. The number of alkyl halides is 3. The van der Waals surface area contributed by atoms with Crippen molar-refractivity contribution in [3.8, 4) is 17.0 Å². The average molecular weight is 308 g/mol. The Balaban J connectivity index is 2.07. The normalized spacial score (nSPS) is 11.6. The first kappa shape index (κ1) is 14.2. The molecule has 2 heterocycles. The van der Waals surface area contributed by atoms with Gasteiger partial charge in [0.25, 0.3) is 0 Å². The maximum atomic E-state index is 12.3. The number of imidazole rings is 1. The molecule has 2 aromatic heterocycles. The van der Waals surface area contributed by atoms with Gasteiger partial charge in [-0.1, -0.05) is 12.1 Å². The number of aromatic nitrogens is 3. The van der Waals surface area contributed by atoms with Crippen LogP contribution in [0, 0.1) is 0 Å². The Kier molecular flexibility index (Phi) is 3.36. The molecule has 1 aromatic carbocycles. The van der Waals surface area contributed by atoms with Crippen LogP contribution in [0.3, 0.4) is 0 Å². The van der Waals surface area contributed by atoms with Crippen molar-refractivity contribution in [3.63, 3.8) is 0 Å². The second-order valence-electron chi connectivity index (χ2n) is 4.44. The number of anilines is 1. The van der Waals surface area contributed by atoms with Crippen LogP contribution >= 0.6 is 0 Å². The van der Waals surface area contributed by atoms with E-state index in [9.17, 15) is 13.2 Å². The zero-order chi connectivity index (χ0) is 15.7. The van der Waals surface area contributed by atoms with Crippen LogP contribution in [0.1, 0.15) is 0 Å². The maximum Gasteiger partial charge on any atom is 0.573 e. The zero-order valence-corrected chi connectivity index (χ0v) is 11.4. The van der Waals surface area contributed by atoms with Crippen LogP contribution in [0.15, 0.2) is 42.9 Å². The van der Waals surface area contributed by atoms with Crippen molar-refractivity contribution < 1.29 is 17.9 Å². The standard InChI is InChI=1S/C14H11F3N4O/c1-18-12-13-20-8-11(21(13)6-5-19-12)9-3-2-4-10(7-9)22-14(15,16)17/h2-8H,1H3,(H,18,19). The van der Waals surface area contributed by atoms with E-state index in [0.717, 1.165) is 0 Å². The first-order valence-electron chi connectivity index (χ1n) is 6.34. The SMILES string of the molecule is CNc1nccn2c(-c3cccc(OC(F)(F)F)c3)cnc12. The van der Waals surface area contributed by atoms with E-state index < -0.39 is 6.36 Å². The van der Waals surface area contributed by atoms with E-state index in [1.165, 1.54) is 18.2 Å². The first-order chi connectivity index (χ1) is 10.5. The molecule has 0 spiro atoms. The Hall–Kier alpha value is -2.77. The summed E-state index contributed by atoms with van der Waals surface area (Å²) in [6.07, 6.45) is 0.127. The van der Waals surface area contributed by atoms with E-state index in [1.807, 2.05) is 0 Å². The van der Waals surface area contributed by atoms with Gasteiger partial charge in [-0.05, 0) is 12.1 Å². The molecule has 0 unspecified atom stereocenters. The molecule has 0 aliphatic rings. The largest absolute Gasteiger partial charge is 0.573 e. The lowest BCUT2D eigenvalue weighted by atomic mass is 10.1. The molecule has 0 aliphatic heterocycles. The van der Waals surface area contributed by atoms with Gasteiger partial charge in [-0.2, -0.15) is 0 Å². The van der Waals surface area contributed by atoms with Crippen molar-refractivity contribution in [1.29, 1.82) is 0 Å². The summed E-state index contributed by atoms with van der Waals surface area (Å²) in [5.41, 5.74) is 1.78. The lowest BCUT2D eigenvalue weighted by Gasteiger charge is -2.10. The van der Waals surface area contributed by atoms with Crippen LogP contribution in [-0.4, -0.2) is 27.8 Å². The van der Waals surface area contributed by atoms with Crippen LogP contribution < -0.4 is 10.1 Å². The van der Waals surface area contributed by atoms with Crippen LogP contribution in [0.4, 0.5) is 19.0 Å². The monoisotopic (exact) mass is 308 g/mol. The number of halogens is 3. The van der Waals surface area contributed by atoms with Gasteiger partial charge < -0.3 is 10.1 Å². The number of rotatable bonds is 3. The minimum absolute atomic E-state index is 0.275. The van der Waals surface area contributed by atoms with Gasteiger partial charge in [-0.3, -0.25) is 4.40 Å². The highest BCUT2D eigenvalue weighted by Gasteiger charge is 2.31. The van der Waals surface area contributed by atoms with Gasteiger partial charge in [0.15, 0.2) is 11.5 Å². The Labute approximate surface area is 123 Å². The van der Waals surface area contributed by atoms with E-state index in [-0.39, 0.29) is 5.75 Å². The fourth-order valence-corrected chi connectivity index (χ4v) is 2.16. The van der Waals surface area contributed by atoms with Crippen LogP contribution in [0.2, 0.25) is 0 Å². The van der Waals surface area contributed by atoms with Crippen molar-refractivity contribution >= 4 is 11.5 Å². The number of ether oxygens (including phenoxy) is 1. The predicted octanol–water partition coefficient (Wildman–Crippen LogP) is 3.34. The van der Waals surface area contributed by atoms with Crippen LogP contribution in [0.25, 0.3) is 16.9 Å². The molecule has 0 amide bonds. The molecule has 0 atom stereocenters. The van der Waals surface area contributed by atoms with Crippen molar-refractivity contribution in [3.05, 3.63) is 42.9 Å². The fourth-order valence-electron chi connectivity index (χ4n) is 2.16. The van der Waals surface area contributed by atoms with Gasteiger partial charge in [-0.25, -0.2) is 9.97 Å². The molecule has 5 nitrogen and oxygen atoms in total. The fraction of sp³-hybridized carbons (Fsp3) is 0.143. The highest BCUT2D eigenvalue weighted by atomic mass is 19.4. The third-order valence-electron chi connectivity index (χ3n) is 3.03. The predicted molar refractivity (Wildman–Crippen MR) is 74.7 cm³/mol. The molecule has 114 valence electrons. The third-order valence-corrected chi connectivity index (χ3v) is 3.03. The Morgan fingerprint density at radius 3 is 2.77 bits per heavy atom. The molecule has 1 N–H and O–H groups in total. The Bertz CT molecular complexity index is 813. The first-order valence-corrected chi connectivity index (χ1v) is 6.34. The van der Waals surface area contributed by atoms with E-state index >= 15 is 0 Å². The van der Waals surface area contributed by atoms with Crippen molar-refractivity contribution in [2.24, 2.45) is 0 Å². The summed E-state index contributed by atoms with van der Waals surface area (Å²) in [7, 11) is 1.72. The Morgan fingerprint density at radius 2 is 2.05 bits per heavy atom. The number of benzene rings is 1. The number of nitrogens with zero attached hydrogens (tertiary/aromatic N) is 3. The summed E-state index contributed by atoms with van der Waals surface area (Å²) < 4.78 is 42.6. The molecule has 0 saturated heterocycles. The van der Waals surface area contributed by atoms with E-state index in [2.05, 4.69) is 20.0 Å². The Morgan fingerprint density at radius 1 is 1.23 bits per heavy atom. The highest BCUT2D eigenvalue weighted by molar-refractivity contribution is 5.71. The summed E-state index contributed by atoms with van der Waals surface area (Å²) in [4.78, 5) is 8.38. The number of nitrogens with one attached hydrogen (secondary N) is 1. The quantitative estimate of drug-likeness (QED) is 0.806. The van der Waals surface area contributed by atoms with Gasteiger partial charge in [0.2, 0.25) is 0 Å². The second kappa shape index (κ2) is 5.21. The minimum Gasteiger partial charge on any atom is -0.406 e. The van der Waals surface area contributed by atoms with E-state index in [0.29, 0.717) is 22.7 Å². The molecule has 0 bridgehead atoms. The topological polar surface area (TPSA) is 51.5 Å². The summed E-state index contributed by atoms with van der Waals surface area (Å²) in [5.74, 6) is 0.305. The molecule has 0 fully saturated rings. The summed E-state index contributed by atoms with van der Waals surface area (Å²) in [6.45, 7) is 0. The van der Waals surface area contributed by atoms with E-state index in [4.69, 9.17) is 0 Å². The molecule has 8 heteroatoms. The van der Waals surface area contributed by atoms with Gasteiger partial charge in [0.05, 0.1) is 11.9 Å². The van der Waals surface area contributed by atoms with Crippen molar-refractivity contribution in [2.75, 3.05) is 12.4 Å². The second-order valence-corrected chi connectivity index (χ2v) is 4.44. The molecule has 0 radical (unpaired) electrons.